The molecule has 0 saturated carbocycles. The summed E-state index contributed by atoms with van der Waals surface area (Å²) < 4.78 is 7.83. The van der Waals surface area contributed by atoms with Crippen molar-refractivity contribution < 1.29 is 1.37 Å². The van der Waals surface area contributed by atoms with Crippen LogP contribution < -0.4 is 0 Å². The molecule has 0 saturated heterocycles. The lowest BCUT2D eigenvalue weighted by atomic mass is 10.0. The molecule has 0 heterocycles. The van der Waals surface area contributed by atoms with Crippen LogP contribution in [0.15, 0.2) is 0 Å². The Morgan fingerprint density at radius 2 is 0.529 bits per heavy atom. The highest BCUT2D eigenvalue weighted by Crippen LogP contribution is 2.14. The van der Waals surface area contributed by atoms with Gasteiger partial charge in [-0.15, -0.1) is 0 Å². The van der Waals surface area contributed by atoms with Crippen LogP contribution in [0.1, 0.15) is 195 Å². The van der Waals surface area contributed by atoms with Gasteiger partial charge in [0.2, 0.25) is 0 Å². The second-order valence-electron chi connectivity index (χ2n) is 11.3. The Hall–Kier alpha value is -0.0400. The van der Waals surface area contributed by atoms with Crippen molar-refractivity contribution in [3.8, 4) is 0 Å². The Bertz CT molecular complexity index is 327. The highest BCUT2D eigenvalue weighted by atomic mass is 15.1. The third kappa shape index (κ3) is 30.0. The van der Waals surface area contributed by atoms with Gasteiger partial charge < -0.3 is 4.90 Å². The van der Waals surface area contributed by atoms with Gasteiger partial charge in [-0.1, -0.05) is 181 Å². The van der Waals surface area contributed by atoms with Gasteiger partial charge in [-0.3, -0.25) is 0 Å². The topological polar surface area (TPSA) is 3.24 Å². The van der Waals surface area contributed by atoms with Crippen molar-refractivity contribution in [2.75, 3.05) is 20.1 Å². The molecule has 0 N–H and O–H groups in total. The van der Waals surface area contributed by atoms with E-state index >= 15 is 0 Å². The van der Waals surface area contributed by atoms with E-state index in [4.69, 9.17) is 1.37 Å². The van der Waals surface area contributed by atoms with Crippen molar-refractivity contribution in [3.05, 3.63) is 0 Å². The Balaban J connectivity index is 3.25. The number of hydrogen-bond acceptors (Lipinski definition) is 1. The summed E-state index contributed by atoms with van der Waals surface area (Å²) in [5.41, 5.74) is 0. The fourth-order valence-electron chi connectivity index (χ4n) is 5.17. The standard InChI is InChI=1S/C33H69N/c1-4-6-8-10-12-14-16-18-20-22-24-26-28-30-32-34(3)33-31-29-27-25-23-21-19-17-15-13-11-9-7-5-2/h4-33H2,1-3H3/i3D. The summed E-state index contributed by atoms with van der Waals surface area (Å²) in [7, 11) is 0.497. The normalized spacial score (nSPS) is 12.0. The second kappa shape index (κ2) is 31.0. The van der Waals surface area contributed by atoms with Gasteiger partial charge in [0.25, 0.3) is 0 Å². The molecule has 0 amide bonds. The molecule has 0 fully saturated rings. The number of unbranched alkanes of at least 4 members (excludes halogenated alkanes) is 26. The van der Waals surface area contributed by atoms with E-state index in [1.54, 1.807) is 0 Å². The summed E-state index contributed by atoms with van der Waals surface area (Å²) in [5, 5.41) is 0. The molecule has 0 atom stereocenters. The summed E-state index contributed by atoms with van der Waals surface area (Å²) in [5.74, 6) is 0. The van der Waals surface area contributed by atoms with E-state index < -0.39 is 0 Å². The molecule has 0 radical (unpaired) electrons. The van der Waals surface area contributed by atoms with Crippen LogP contribution in [-0.2, 0) is 0 Å². The summed E-state index contributed by atoms with van der Waals surface area (Å²) in [6.45, 7) is 6.90. The minimum absolute atomic E-state index is 0.497. The van der Waals surface area contributed by atoms with Gasteiger partial charge in [-0.05, 0) is 33.0 Å². The molecule has 0 aromatic heterocycles. The Labute approximate surface area is 220 Å². The largest absolute Gasteiger partial charge is 0.306 e. The predicted molar refractivity (Wildman–Crippen MR) is 158 cm³/mol. The van der Waals surface area contributed by atoms with Gasteiger partial charge in [0.15, 0.2) is 0 Å². The van der Waals surface area contributed by atoms with Crippen LogP contribution in [0.25, 0.3) is 0 Å². The molecule has 0 bridgehead atoms. The van der Waals surface area contributed by atoms with Crippen LogP contribution in [0.3, 0.4) is 0 Å². The molecule has 0 aromatic rings. The number of rotatable bonds is 30. The monoisotopic (exact) mass is 481 g/mol. The maximum absolute atomic E-state index is 7.83. The summed E-state index contributed by atoms with van der Waals surface area (Å²) >= 11 is 0. The SMILES string of the molecule is [2H]CN(CCCCCCCCCCCCCCCC)CCCCCCCCCCCCCCCC. The van der Waals surface area contributed by atoms with Crippen LogP contribution >= 0.6 is 0 Å². The van der Waals surface area contributed by atoms with E-state index in [9.17, 15) is 0 Å². The molecule has 1 nitrogen and oxygen atoms in total. The molecule has 0 spiro atoms. The van der Waals surface area contributed by atoms with E-state index in [0.29, 0.717) is 7.02 Å². The van der Waals surface area contributed by atoms with Crippen molar-refractivity contribution in [1.29, 1.82) is 0 Å². The lowest BCUT2D eigenvalue weighted by Crippen LogP contribution is -2.20. The lowest BCUT2D eigenvalue weighted by molar-refractivity contribution is 0.314. The molecule has 0 aromatic carbocycles. The van der Waals surface area contributed by atoms with Crippen LogP contribution in [0.2, 0.25) is 0 Å². The minimum Gasteiger partial charge on any atom is -0.306 e. The van der Waals surface area contributed by atoms with Gasteiger partial charge in [-0.2, -0.15) is 0 Å². The van der Waals surface area contributed by atoms with Gasteiger partial charge in [0.05, 0.1) is 0 Å². The van der Waals surface area contributed by atoms with Crippen molar-refractivity contribution in [3.63, 3.8) is 0 Å². The molecule has 0 aliphatic heterocycles. The van der Waals surface area contributed by atoms with Crippen molar-refractivity contribution in [2.24, 2.45) is 0 Å². The molecule has 0 rings (SSSR count). The van der Waals surface area contributed by atoms with E-state index in [1.165, 1.54) is 180 Å². The fraction of sp³-hybridized carbons (Fsp3) is 1.00. The predicted octanol–water partition coefficient (Wildman–Crippen LogP) is 11.9. The summed E-state index contributed by atoms with van der Waals surface area (Å²) in [4.78, 5) is 2.38. The smallest absolute Gasteiger partial charge is 0.0394 e. The van der Waals surface area contributed by atoms with Crippen LogP contribution in [-0.4, -0.2) is 25.0 Å². The molecular weight excluding hydrogens is 410 g/mol. The number of hydrogen-bond donors (Lipinski definition) is 0. The van der Waals surface area contributed by atoms with Crippen molar-refractivity contribution in [2.45, 2.75) is 194 Å². The third-order valence-electron chi connectivity index (χ3n) is 7.66. The summed E-state index contributed by atoms with van der Waals surface area (Å²) in [6.07, 6.45) is 39.9. The van der Waals surface area contributed by atoms with E-state index in [0.717, 1.165) is 13.1 Å². The van der Waals surface area contributed by atoms with Gasteiger partial charge in [0, 0.05) is 1.37 Å². The molecule has 206 valence electrons. The first-order chi connectivity index (χ1) is 17.3. The average Bonchev–Trinajstić information content (AvgIpc) is 2.87. The fourth-order valence-corrected chi connectivity index (χ4v) is 5.17. The molecule has 0 aliphatic carbocycles. The summed E-state index contributed by atoms with van der Waals surface area (Å²) in [6, 6.07) is 0. The van der Waals surface area contributed by atoms with Gasteiger partial charge >= 0.3 is 0 Å². The zero-order chi connectivity index (χ0) is 25.5. The van der Waals surface area contributed by atoms with Crippen LogP contribution in [0, 0.1) is 0 Å². The second-order valence-corrected chi connectivity index (χ2v) is 11.3. The zero-order valence-corrected chi connectivity index (χ0v) is 24.4. The first-order valence-electron chi connectivity index (χ1n) is 17.1. The van der Waals surface area contributed by atoms with Crippen LogP contribution in [0.5, 0.6) is 0 Å². The lowest BCUT2D eigenvalue weighted by Gasteiger charge is -2.16. The molecule has 34 heavy (non-hydrogen) atoms. The first-order valence-corrected chi connectivity index (χ1v) is 16.4. The first kappa shape index (κ1) is 32.0. The average molecular weight is 481 g/mol. The van der Waals surface area contributed by atoms with Crippen molar-refractivity contribution >= 4 is 0 Å². The maximum Gasteiger partial charge on any atom is 0.0394 e. The maximum atomic E-state index is 7.83. The molecule has 0 unspecified atom stereocenters. The van der Waals surface area contributed by atoms with Crippen LogP contribution in [0.4, 0.5) is 0 Å². The third-order valence-corrected chi connectivity index (χ3v) is 7.66. The van der Waals surface area contributed by atoms with Crippen molar-refractivity contribution in [1.82, 2.24) is 4.90 Å². The Morgan fingerprint density at radius 3 is 0.735 bits per heavy atom. The highest BCUT2D eigenvalue weighted by molar-refractivity contribution is 4.55. The van der Waals surface area contributed by atoms with Gasteiger partial charge in [-0.25, -0.2) is 0 Å². The van der Waals surface area contributed by atoms with E-state index in [2.05, 4.69) is 18.7 Å². The Morgan fingerprint density at radius 1 is 0.324 bits per heavy atom. The van der Waals surface area contributed by atoms with Gasteiger partial charge in [0.1, 0.15) is 0 Å². The Kier molecular flexibility index (Phi) is 29.2. The minimum atomic E-state index is 0.497. The van der Waals surface area contributed by atoms with E-state index in [1.807, 2.05) is 0 Å². The molecular formula is C33H69N. The molecule has 1 heteroatoms. The molecule has 0 aliphatic rings. The van der Waals surface area contributed by atoms with E-state index in [-0.39, 0.29) is 0 Å². The highest BCUT2D eigenvalue weighted by Gasteiger charge is 2.00. The zero-order valence-electron chi connectivity index (χ0n) is 25.4. The number of nitrogens with zero attached hydrogens (tertiary/aromatic N) is 1. The quantitative estimate of drug-likeness (QED) is 0.0923.